The van der Waals surface area contributed by atoms with E-state index in [2.05, 4.69) is 49.0 Å². The number of carbonyl (C=O) groups excluding carboxylic acids is 1. The molecule has 1 amide bonds. The lowest BCUT2D eigenvalue weighted by molar-refractivity contribution is 0.0944. The maximum absolute atomic E-state index is 12.3. The van der Waals surface area contributed by atoms with Gasteiger partial charge in [0.25, 0.3) is 5.91 Å². The van der Waals surface area contributed by atoms with E-state index in [0.717, 1.165) is 62.2 Å². The molecule has 0 unspecified atom stereocenters. The number of benzene rings is 1. The second-order valence-electron chi connectivity index (χ2n) is 8.63. The molecule has 1 atom stereocenters. The third kappa shape index (κ3) is 4.98. The Hall–Kier alpha value is -3.46. The Bertz CT molecular complexity index is 1120. The number of hydrogen-bond acceptors (Lipinski definition) is 7. The number of ether oxygens (including phenoxy) is 2. The third-order valence-electron chi connectivity index (χ3n) is 6.09. The first kappa shape index (κ1) is 21.4. The highest BCUT2D eigenvalue weighted by Crippen LogP contribution is 2.33. The summed E-state index contributed by atoms with van der Waals surface area (Å²) in [5, 5.41) is 11.6. The maximum atomic E-state index is 12.3. The standard InChI is InChI=1S/C24H28N6O3/c1-17(12-18-5-6-20-21(13-18)33-16-32-20)15-29-9-7-22-27-28-23(30(22)11-10-29)14-26-24(31)19-4-2-3-8-25-19/h2-6,8,13,17H,7,9-12,14-16H2,1H3,(H,26,31)/t17-/m0/s1. The highest BCUT2D eigenvalue weighted by atomic mass is 16.7. The van der Waals surface area contributed by atoms with Crippen LogP contribution in [0.4, 0.5) is 0 Å². The van der Waals surface area contributed by atoms with E-state index < -0.39 is 0 Å². The highest BCUT2D eigenvalue weighted by molar-refractivity contribution is 5.92. The summed E-state index contributed by atoms with van der Waals surface area (Å²) in [6.45, 7) is 6.63. The second-order valence-corrected chi connectivity index (χ2v) is 8.63. The molecule has 33 heavy (non-hydrogen) atoms. The summed E-state index contributed by atoms with van der Waals surface area (Å²) in [5.41, 5.74) is 1.67. The fourth-order valence-electron chi connectivity index (χ4n) is 4.46. The van der Waals surface area contributed by atoms with Gasteiger partial charge in [-0.05, 0) is 42.2 Å². The zero-order valence-corrected chi connectivity index (χ0v) is 18.7. The van der Waals surface area contributed by atoms with Crippen LogP contribution >= 0.6 is 0 Å². The fourth-order valence-corrected chi connectivity index (χ4v) is 4.46. The molecular weight excluding hydrogens is 420 g/mol. The molecular formula is C24H28N6O3. The number of rotatable bonds is 7. The smallest absolute Gasteiger partial charge is 0.270 e. The number of carbonyl (C=O) groups is 1. The summed E-state index contributed by atoms with van der Waals surface area (Å²) >= 11 is 0. The predicted octanol–water partition coefficient (Wildman–Crippen LogP) is 2.07. The molecule has 9 nitrogen and oxygen atoms in total. The molecule has 2 aliphatic rings. The summed E-state index contributed by atoms with van der Waals surface area (Å²) in [6.07, 6.45) is 3.45. The van der Waals surface area contributed by atoms with Crippen molar-refractivity contribution in [1.82, 2.24) is 30.0 Å². The van der Waals surface area contributed by atoms with Crippen molar-refractivity contribution < 1.29 is 14.3 Å². The number of amides is 1. The summed E-state index contributed by atoms with van der Waals surface area (Å²) in [4.78, 5) is 18.9. The lowest BCUT2D eigenvalue weighted by Crippen LogP contribution is -2.32. The highest BCUT2D eigenvalue weighted by Gasteiger charge is 2.21. The van der Waals surface area contributed by atoms with Gasteiger partial charge in [-0.25, -0.2) is 0 Å². The zero-order valence-electron chi connectivity index (χ0n) is 18.7. The van der Waals surface area contributed by atoms with Gasteiger partial charge in [0.15, 0.2) is 17.3 Å². The van der Waals surface area contributed by atoms with Crippen molar-refractivity contribution in [3.05, 3.63) is 65.5 Å². The first-order chi connectivity index (χ1) is 16.2. The summed E-state index contributed by atoms with van der Waals surface area (Å²) in [6, 6.07) is 11.5. The molecule has 0 radical (unpaired) electrons. The van der Waals surface area contributed by atoms with Crippen LogP contribution in [-0.2, 0) is 25.9 Å². The molecule has 172 valence electrons. The van der Waals surface area contributed by atoms with Crippen LogP contribution in [0, 0.1) is 5.92 Å². The normalized spacial score (nSPS) is 16.2. The fraction of sp³-hybridized carbons (Fsp3) is 0.417. The summed E-state index contributed by atoms with van der Waals surface area (Å²) < 4.78 is 13.1. The first-order valence-corrected chi connectivity index (χ1v) is 11.4. The summed E-state index contributed by atoms with van der Waals surface area (Å²) in [7, 11) is 0. The molecule has 0 aliphatic carbocycles. The molecule has 0 saturated heterocycles. The van der Waals surface area contributed by atoms with E-state index in [-0.39, 0.29) is 5.91 Å². The number of hydrogen-bond donors (Lipinski definition) is 1. The van der Waals surface area contributed by atoms with E-state index in [1.807, 2.05) is 6.07 Å². The van der Waals surface area contributed by atoms with Gasteiger partial charge in [-0.3, -0.25) is 9.78 Å². The Balaban J connectivity index is 1.14. The van der Waals surface area contributed by atoms with Crippen LogP contribution in [0.3, 0.4) is 0 Å². The van der Waals surface area contributed by atoms with Gasteiger partial charge in [0.05, 0.1) is 6.54 Å². The van der Waals surface area contributed by atoms with Gasteiger partial charge in [0, 0.05) is 38.8 Å². The quantitative estimate of drug-likeness (QED) is 0.591. The van der Waals surface area contributed by atoms with Gasteiger partial charge in [-0.15, -0.1) is 10.2 Å². The van der Waals surface area contributed by atoms with Crippen LogP contribution in [0.25, 0.3) is 0 Å². The van der Waals surface area contributed by atoms with E-state index >= 15 is 0 Å². The van der Waals surface area contributed by atoms with E-state index in [0.29, 0.717) is 24.9 Å². The molecule has 2 aliphatic heterocycles. The Morgan fingerprint density at radius 1 is 1.12 bits per heavy atom. The molecule has 0 saturated carbocycles. The Morgan fingerprint density at radius 3 is 2.91 bits per heavy atom. The van der Waals surface area contributed by atoms with Crippen LogP contribution < -0.4 is 14.8 Å². The number of aromatic nitrogens is 4. The second kappa shape index (κ2) is 9.58. The molecule has 9 heteroatoms. The Labute approximate surface area is 192 Å². The van der Waals surface area contributed by atoms with E-state index in [1.54, 1.807) is 24.4 Å². The molecule has 1 N–H and O–H groups in total. The number of nitrogens with one attached hydrogen (secondary N) is 1. The predicted molar refractivity (Wildman–Crippen MR) is 121 cm³/mol. The van der Waals surface area contributed by atoms with Gasteiger partial charge >= 0.3 is 0 Å². The van der Waals surface area contributed by atoms with Crippen molar-refractivity contribution in [2.24, 2.45) is 5.92 Å². The van der Waals surface area contributed by atoms with Gasteiger partial charge in [0.1, 0.15) is 11.5 Å². The molecule has 4 heterocycles. The van der Waals surface area contributed by atoms with Gasteiger partial charge in [-0.1, -0.05) is 19.1 Å². The topological polar surface area (TPSA) is 94.4 Å². The van der Waals surface area contributed by atoms with Crippen molar-refractivity contribution in [2.45, 2.75) is 32.9 Å². The molecule has 1 aromatic carbocycles. The Morgan fingerprint density at radius 2 is 2.03 bits per heavy atom. The monoisotopic (exact) mass is 448 g/mol. The zero-order chi connectivity index (χ0) is 22.6. The molecule has 0 spiro atoms. The van der Waals surface area contributed by atoms with Crippen LogP contribution in [0.1, 0.15) is 34.6 Å². The van der Waals surface area contributed by atoms with Crippen molar-refractivity contribution >= 4 is 5.91 Å². The van der Waals surface area contributed by atoms with Crippen LogP contribution in [0.5, 0.6) is 11.5 Å². The minimum absolute atomic E-state index is 0.208. The van der Waals surface area contributed by atoms with Crippen molar-refractivity contribution in [3.8, 4) is 11.5 Å². The van der Waals surface area contributed by atoms with Gasteiger partial charge < -0.3 is 24.3 Å². The van der Waals surface area contributed by atoms with E-state index in [1.165, 1.54) is 5.56 Å². The first-order valence-electron chi connectivity index (χ1n) is 11.4. The lowest BCUT2D eigenvalue weighted by Gasteiger charge is -2.24. The molecule has 2 aromatic heterocycles. The maximum Gasteiger partial charge on any atom is 0.270 e. The van der Waals surface area contributed by atoms with Crippen molar-refractivity contribution in [2.75, 3.05) is 26.4 Å². The average Bonchev–Trinajstić information content (AvgIpc) is 3.41. The van der Waals surface area contributed by atoms with Crippen LogP contribution in [-0.4, -0.2) is 57.0 Å². The van der Waals surface area contributed by atoms with Crippen molar-refractivity contribution in [1.29, 1.82) is 0 Å². The van der Waals surface area contributed by atoms with E-state index in [9.17, 15) is 4.79 Å². The Kier molecular flexibility index (Phi) is 6.21. The lowest BCUT2D eigenvalue weighted by atomic mass is 10.00. The molecule has 3 aromatic rings. The van der Waals surface area contributed by atoms with Crippen LogP contribution in [0.15, 0.2) is 42.6 Å². The van der Waals surface area contributed by atoms with Gasteiger partial charge in [-0.2, -0.15) is 0 Å². The largest absolute Gasteiger partial charge is 0.454 e. The third-order valence-corrected chi connectivity index (χ3v) is 6.09. The number of fused-ring (bicyclic) bond motifs is 2. The SMILES string of the molecule is C[C@@H](Cc1ccc2c(c1)OCO2)CN1CCc2nnc(CNC(=O)c3ccccn3)n2CC1. The van der Waals surface area contributed by atoms with E-state index in [4.69, 9.17) is 9.47 Å². The number of pyridine rings is 1. The molecule has 5 rings (SSSR count). The van der Waals surface area contributed by atoms with Crippen LogP contribution in [0.2, 0.25) is 0 Å². The average molecular weight is 449 g/mol. The molecule has 0 fully saturated rings. The number of nitrogens with zero attached hydrogens (tertiary/aromatic N) is 5. The van der Waals surface area contributed by atoms with Gasteiger partial charge in [0.2, 0.25) is 6.79 Å². The summed E-state index contributed by atoms with van der Waals surface area (Å²) in [5.74, 6) is 3.73. The molecule has 0 bridgehead atoms. The minimum Gasteiger partial charge on any atom is -0.454 e. The van der Waals surface area contributed by atoms with Crippen molar-refractivity contribution in [3.63, 3.8) is 0 Å². The minimum atomic E-state index is -0.208.